The highest BCUT2D eigenvalue weighted by Crippen LogP contribution is 2.47. The van der Waals surface area contributed by atoms with Crippen LogP contribution in [-0.2, 0) is 11.2 Å². The maximum atomic E-state index is 5.31. The maximum Gasteiger partial charge on any atom is 0.0673 e. The van der Waals surface area contributed by atoms with E-state index >= 15 is 0 Å². The van der Waals surface area contributed by atoms with Gasteiger partial charge in [-0.05, 0) is 123 Å². The number of benzene rings is 5. The molecule has 5 aromatic carbocycles. The third kappa shape index (κ3) is 7.26. The molecule has 2 aliphatic rings. The summed E-state index contributed by atoms with van der Waals surface area (Å²) >= 11 is 0. The predicted molar refractivity (Wildman–Crippen MR) is 233 cm³/mol. The fourth-order valence-electron chi connectivity index (χ4n) is 8.13. The average Bonchev–Trinajstić information content (AvgIpc) is 3.48. The zero-order chi connectivity index (χ0) is 37.9. The minimum absolute atomic E-state index is 0.241. The van der Waals surface area contributed by atoms with E-state index in [9.17, 15) is 0 Å². The monoisotopic (exact) mass is 710 g/mol. The lowest BCUT2D eigenvalue weighted by molar-refractivity contribution is 0.226. The highest BCUT2D eigenvalue weighted by Gasteiger charge is 2.29. The molecule has 0 radical (unpaired) electrons. The van der Waals surface area contributed by atoms with Crippen molar-refractivity contribution in [3.63, 3.8) is 0 Å². The van der Waals surface area contributed by atoms with Gasteiger partial charge in [0, 0.05) is 54.4 Å². The van der Waals surface area contributed by atoms with Gasteiger partial charge in [0.05, 0.1) is 6.61 Å². The molecule has 0 N–H and O–H groups in total. The van der Waals surface area contributed by atoms with Gasteiger partial charge >= 0.3 is 0 Å². The fourth-order valence-corrected chi connectivity index (χ4v) is 8.13. The van der Waals surface area contributed by atoms with Crippen molar-refractivity contribution >= 4 is 45.2 Å². The molecule has 0 saturated heterocycles. The van der Waals surface area contributed by atoms with Crippen molar-refractivity contribution in [1.29, 1.82) is 0 Å². The van der Waals surface area contributed by atoms with Crippen LogP contribution < -0.4 is 9.80 Å². The first-order valence-corrected chi connectivity index (χ1v) is 19.5. The van der Waals surface area contributed by atoms with Crippen LogP contribution in [0.2, 0.25) is 0 Å². The summed E-state index contributed by atoms with van der Waals surface area (Å²) in [6.45, 7) is 14.4. The Balaban J connectivity index is 1.44. The third-order valence-electron chi connectivity index (χ3n) is 11.0. The van der Waals surface area contributed by atoms with E-state index in [1.54, 1.807) is 7.11 Å². The smallest absolute Gasteiger partial charge is 0.0673 e. The Labute approximate surface area is 323 Å². The molecule has 2 bridgehead atoms. The summed E-state index contributed by atoms with van der Waals surface area (Å²) < 4.78 is 5.31. The average molecular weight is 711 g/mol. The molecule has 2 aliphatic carbocycles. The number of ether oxygens (including phenoxy) is 1. The number of rotatable bonds is 12. The number of anilines is 4. The van der Waals surface area contributed by atoms with Crippen molar-refractivity contribution in [2.75, 3.05) is 30.6 Å². The summed E-state index contributed by atoms with van der Waals surface area (Å²) in [7, 11) is 3.95. The number of nitrogens with zero attached hydrogens (tertiary/aromatic N) is 2. The van der Waals surface area contributed by atoms with Gasteiger partial charge in [0.1, 0.15) is 0 Å². The summed E-state index contributed by atoms with van der Waals surface area (Å²) in [6.07, 6.45) is 14.8. The van der Waals surface area contributed by atoms with Crippen molar-refractivity contribution in [3.8, 4) is 0 Å². The van der Waals surface area contributed by atoms with Crippen LogP contribution in [0.4, 0.5) is 22.7 Å². The van der Waals surface area contributed by atoms with E-state index in [1.165, 1.54) is 72.4 Å². The fraction of sp³-hybridized carbons (Fsp3) is 0.255. The third-order valence-corrected chi connectivity index (χ3v) is 11.0. The molecular formula is C51H54N2O. The second kappa shape index (κ2) is 15.9. The molecule has 0 aliphatic heterocycles. The number of para-hydroxylation sites is 2. The van der Waals surface area contributed by atoms with E-state index in [0.29, 0.717) is 18.4 Å². The Bertz CT molecular complexity index is 2300. The first kappa shape index (κ1) is 37.0. The van der Waals surface area contributed by atoms with Crippen LogP contribution in [0.3, 0.4) is 0 Å². The Morgan fingerprint density at radius 1 is 0.778 bits per heavy atom. The lowest BCUT2D eigenvalue weighted by Gasteiger charge is -2.29. The maximum absolute atomic E-state index is 5.31. The molecular weight excluding hydrogens is 657 g/mol. The standard InChI is InChI=1S/C51H54N2O/c1-34(2)46-31-49(53(41-22-13-10-14-23-41)42-24-16-19-38(29-42)37(6)18-15-17-36(5)33-54-8)39-25-26-44-47(35(3)4)32-50(52(7)40-20-11-9-12-21-40)45-28-27-43(46)48(30-39)51(44)45/h9-29,31-32,34-35,37H,30,33H2,1-8H3/b18-15-,36-17-. The van der Waals surface area contributed by atoms with Crippen molar-refractivity contribution in [2.24, 2.45) is 5.92 Å². The second-order valence-corrected chi connectivity index (χ2v) is 15.5. The first-order valence-electron chi connectivity index (χ1n) is 19.5. The van der Waals surface area contributed by atoms with Crippen LogP contribution in [0.25, 0.3) is 22.4 Å². The molecule has 0 amide bonds. The lowest BCUT2D eigenvalue weighted by atomic mass is 9.84. The van der Waals surface area contributed by atoms with Gasteiger partial charge < -0.3 is 14.5 Å². The predicted octanol–water partition coefficient (Wildman–Crippen LogP) is 13.7. The topological polar surface area (TPSA) is 15.7 Å². The Morgan fingerprint density at radius 2 is 1.48 bits per heavy atom. The van der Waals surface area contributed by atoms with Gasteiger partial charge in [-0.3, -0.25) is 0 Å². The number of hydrogen-bond donors (Lipinski definition) is 0. The summed E-state index contributed by atoms with van der Waals surface area (Å²) in [5.41, 5.74) is 16.7. The molecule has 0 heterocycles. The van der Waals surface area contributed by atoms with Crippen molar-refractivity contribution < 1.29 is 4.74 Å². The highest BCUT2D eigenvalue weighted by molar-refractivity contribution is 6.07. The molecule has 54 heavy (non-hydrogen) atoms. The molecule has 0 spiro atoms. The van der Waals surface area contributed by atoms with Gasteiger partial charge in [-0.1, -0.05) is 126 Å². The Hall–Kier alpha value is -5.38. The van der Waals surface area contributed by atoms with Gasteiger partial charge in [0.2, 0.25) is 0 Å². The summed E-state index contributed by atoms with van der Waals surface area (Å²) in [6, 6.07) is 38.0. The molecule has 7 rings (SSSR count). The number of hydrogen-bond acceptors (Lipinski definition) is 3. The second-order valence-electron chi connectivity index (χ2n) is 15.5. The Kier molecular flexibility index (Phi) is 10.9. The van der Waals surface area contributed by atoms with Crippen LogP contribution in [0, 0.1) is 5.92 Å². The van der Waals surface area contributed by atoms with Crippen LogP contribution in [0.15, 0.2) is 150 Å². The zero-order valence-electron chi connectivity index (χ0n) is 33.2. The van der Waals surface area contributed by atoms with Gasteiger partial charge in [0.15, 0.2) is 0 Å². The molecule has 0 fully saturated rings. The summed E-state index contributed by atoms with van der Waals surface area (Å²) in [5, 5.41) is 2.69. The first-order chi connectivity index (χ1) is 26.2. The van der Waals surface area contributed by atoms with Crippen LogP contribution in [-0.4, -0.2) is 20.8 Å². The molecule has 3 nitrogen and oxygen atoms in total. The van der Waals surface area contributed by atoms with Crippen molar-refractivity contribution in [1.82, 2.24) is 0 Å². The van der Waals surface area contributed by atoms with E-state index < -0.39 is 0 Å². The van der Waals surface area contributed by atoms with Crippen LogP contribution in [0.5, 0.6) is 0 Å². The Morgan fingerprint density at radius 3 is 2.17 bits per heavy atom. The molecule has 0 aromatic heterocycles. The minimum atomic E-state index is 0.241. The SMILES string of the molecule is COC/C(C)=C\C=C/C(C)c1cccc(N(C2=C3C=Cc4c(C(C)C)cc(N(C)c5ccccc5)c5ccc(c(c45)C3)C(C(C)C)=C2)c2ccccc2)c1. The van der Waals surface area contributed by atoms with E-state index in [-0.39, 0.29) is 5.92 Å². The summed E-state index contributed by atoms with van der Waals surface area (Å²) in [4.78, 5) is 4.85. The lowest BCUT2D eigenvalue weighted by Crippen LogP contribution is -2.18. The minimum Gasteiger partial charge on any atom is -0.380 e. The molecule has 3 heteroatoms. The van der Waals surface area contributed by atoms with E-state index in [4.69, 9.17) is 4.74 Å². The van der Waals surface area contributed by atoms with E-state index in [0.717, 1.165) is 17.8 Å². The van der Waals surface area contributed by atoms with Gasteiger partial charge in [-0.2, -0.15) is 0 Å². The zero-order valence-corrected chi connectivity index (χ0v) is 33.2. The normalized spacial score (nSPS) is 14.6. The number of fused-ring (bicyclic) bond motifs is 1. The highest BCUT2D eigenvalue weighted by atomic mass is 16.5. The molecule has 1 unspecified atom stereocenters. The largest absolute Gasteiger partial charge is 0.380 e. The van der Waals surface area contributed by atoms with E-state index in [2.05, 4.69) is 198 Å². The molecule has 274 valence electrons. The van der Waals surface area contributed by atoms with Gasteiger partial charge in [0.25, 0.3) is 0 Å². The van der Waals surface area contributed by atoms with Crippen molar-refractivity contribution in [3.05, 3.63) is 178 Å². The number of allylic oxidation sites excluding steroid dienone is 7. The molecule has 5 aromatic rings. The van der Waals surface area contributed by atoms with Gasteiger partial charge in [-0.15, -0.1) is 0 Å². The van der Waals surface area contributed by atoms with Crippen LogP contribution >= 0.6 is 0 Å². The quantitative estimate of drug-likeness (QED) is 0.120. The number of methoxy groups -OCH3 is 1. The molecule has 0 saturated carbocycles. The van der Waals surface area contributed by atoms with E-state index in [1.807, 2.05) is 0 Å². The van der Waals surface area contributed by atoms with Gasteiger partial charge in [-0.25, -0.2) is 0 Å². The van der Waals surface area contributed by atoms with Crippen molar-refractivity contribution in [2.45, 2.75) is 59.8 Å². The summed E-state index contributed by atoms with van der Waals surface area (Å²) in [5.74, 6) is 0.927. The molecule has 1 atom stereocenters. The van der Waals surface area contributed by atoms with Crippen LogP contribution in [0.1, 0.15) is 81.2 Å².